The first-order chi connectivity index (χ1) is 9.95. The Hall–Kier alpha value is -1.71. The topological polar surface area (TPSA) is 64.3 Å². The summed E-state index contributed by atoms with van der Waals surface area (Å²) in [5.41, 5.74) is 7.04. The zero-order valence-electron chi connectivity index (χ0n) is 13.2. The van der Waals surface area contributed by atoms with Gasteiger partial charge in [-0.05, 0) is 37.3 Å². The largest absolute Gasteiger partial charge is 0.493 e. The molecule has 116 valence electrons. The molecule has 0 saturated heterocycles. The summed E-state index contributed by atoms with van der Waals surface area (Å²) in [6.07, 6.45) is 4.56. The third-order valence-corrected chi connectivity index (χ3v) is 4.40. The number of nitrogens with one attached hydrogen (secondary N) is 1. The fraction of sp³-hybridized carbons (Fsp3) is 0.588. The summed E-state index contributed by atoms with van der Waals surface area (Å²) in [5.74, 6) is 0.431. The molecule has 21 heavy (non-hydrogen) atoms. The molecule has 0 bridgehead atoms. The molecule has 0 heterocycles. The van der Waals surface area contributed by atoms with Gasteiger partial charge in [-0.2, -0.15) is 0 Å². The normalized spacial score (nSPS) is 20.8. The van der Waals surface area contributed by atoms with Crippen LogP contribution in [-0.4, -0.2) is 18.6 Å². The summed E-state index contributed by atoms with van der Waals surface area (Å²) in [7, 11) is 0. The first-order valence-corrected chi connectivity index (χ1v) is 7.78. The molecule has 1 aliphatic rings. The molecule has 2 rings (SSSR count). The molecule has 1 aliphatic carbocycles. The van der Waals surface area contributed by atoms with E-state index < -0.39 is 0 Å². The molecule has 0 radical (unpaired) electrons. The van der Waals surface area contributed by atoms with E-state index in [1.807, 2.05) is 13.0 Å². The third-order valence-electron chi connectivity index (χ3n) is 4.40. The lowest BCUT2D eigenvalue weighted by Crippen LogP contribution is -2.47. The highest BCUT2D eigenvalue weighted by molar-refractivity contribution is 6.02. The van der Waals surface area contributed by atoms with E-state index in [2.05, 4.69) is 19.2 Å². The Morgan fingerprint density at radius 2 is 2.19 bits per heavy atom. The maximum atomic E-state index is 12.6. The first-order valence-electron chi connectivity index (χ1n) is 7.78. The van der Waals surface area contributed by atoms with Crippen LogP contribution in [0.3, 0.4) is 0 Å². The van der Waals surface area contributed by atoms with Gasteiger partial charge in [0.2, 0.25) is 0 Å². The van der Waals surface area contributed by atoms with E-state index in [-0.39, 0.29) is 17.4 Å². The van der Waals surface area contributed by atoms with Crippen molar-refractivity contribution in [3.8, 4) is 5.75 Å². The number of carbonyl (C=O) groups excluding carboxylic acids is 1. The maximum Gasteiger partial charge on any atom is 0.257 e. The smallest absolute Gasteiger partial charge is 0.257 e. The Bertz CT molecular complexity index is 512. The standard InChI is InChI=1S/C17H26N2O2/c1-4-21-13-9-7-8-12(18)15(13)16(20)19-14-10-5-6-11-17(14,2)3/h7-9,14H,4-6,10-11,18H2,1-3H3,(H,19,20). The van der Waals surface area contributed by atoms with Gasteiger partial charge in [-0.25, -0.2) is 0 Å². The van der Waals surface area contributed by atoms with E-state index in [9.17, 15) is 4.79 Å². The van der Waals surface area contributed by atoms with E-state index in [4.69, 9.17) is 10.5 Å². The Labute approximate surface area is 127 Å². The van der Waals surface area contributed by atoms with Crippen molar-refractivity contribution in [3.63, 3.8) is 0 Å². The van der Waals surface area contributed by atoms with Crippen LogP contribution in [0.4, 0.5) is 5.69 Å². The van der Waals surface area contributed by atoms with Gasteiger partial charge in [0.15, 0.2) is 0 Å². The average Bonchev–Trinajstić information content (AvgIpc) is 2.41. The van der Waals surface area contributed by atoms with Crippen molar-refractivity contribution in [2.45, 2.75) is 52.5 Å². The first kappa shape index (κ1) is 15.7. The van der Waals surface area contributed by atoms with Gasteiger partial charge in [0.25, 0.3) is 5.91 Å². The van der Waals surface area contributed by atoms with Crippen molar-refractivity contribution in [2.24, 2.45) is 5.41 Å². The molecule has 1 fully saturated rings. The lowest BCUT2D eigenvalue weighted by atomic mass is 9.73. The number of hydrogen-bond donors (Lipinski definition) is 2. The number of ether oxygens (including phenoxy) is 1. The Balaban J connectivity index is 2.20. The molecular formula is C17H26N2O2. The highest BCUT2D eigenvalue weighted by atomic mass is 16.5. The molecule has 0 aliphatic heterocycles. The van der Waals surface area contributed by atoms with Gasteiger partial charge >= 0.3 is 0 Å². The minimum atomic E-state index is -0.128. The number of hydrogen-bond acceptors (Lipinski definition) is 3. The van der Waals surface area contributed by atoms with Crippen LogP contribution < -0.4 is 15.8 Å². The SMILES string of the molecule is CCOc1cccc(N)c1C(=O)NC1CCCCC1(C)C. The van der Waals surface area contributed by atoms with Crippen LogP contribution in [0, 0.1) is 5.41 Å². The fourth-order valence-electron chi connectivity index (χ4n) is 3.06. The molecule has 3 N–H and O–H groups in total. The number of rotatable bonds is 4. The number of amides is 1. The summed E-state index contributed by atoms with van der Waals surface area (Å²) < 4.78 is 5.54. The van der Waals surface area contributed by atoms with E-state index in [1.165, 1.54) is 6.42 Å². The zero-order chi connectivity index (χ0) is 15.5. The summed E-state index contributed by atoms with van der Waals surface area (Å²) in [6.45, 7) is 6.84. The van der Waals surface area contributed by atoms with Crippen molar-refractivity contribution in [1.82, 2.24) is 5.32 Å². The quantitative estimate of drug-likeness (QED) is 0.836. The lowest BCUT2D eigenvalue weighted by Gasteiger charge is -2.39. The van der Waals surface area contributed by atoms with E-state index >= 15 is 0 Å². The van der Waals surface area contributed by atoms with Gasteiger partial charge in [-0.15, -0.1) is 0 Å². The third kappa shape index (κ3) is 3.49. The molecule has 1 saturated carbocycles. The molecule has 4 nitrogen and oxygen atoms in total. The highest BCUT2D eigenvalue weighted by Gasteiger charge is 2.34. The molecule has 1 unspecified atom stereocenters. The minimum Gasteiger partial charge on any atom is -0.493 e. The van der Waals surface area contributed by atoms with Gasteiger partial charge < -0.3 is 15.8 Å². The Morgan fingerprint density at radius 3 is 2.86 bits per heavy atom. The van der Waals surface area contributed by atoms with Crippen molar-refractivity contribution in [3.05, 3.63) is 23.8 Å². The average molecular weight is 290 g/mol. The molecule has 1 amide bonds. The fourth-order valence-corrected chi connectivity index (χ4v) is 3.06. The van der Waals surface area contributed by atoms with Crippen molar-refractivity contribution < 1.29 is 9.53 Å². The second-order valence-electron chi connectivity index (χ2n) is 6.41. The molecule has 1 aromatic rings. The second-order valence-corrected chi connectivity index (χ2v) is 6.41. The van der Waals surface area contributed by atoms with E-state index in [0.29, 0.717) is 23.6 Å². The number of nitrogen functional groups attached to an aromatic ring is 1. The van der Waals surface area contributed by atoms with Gasteiger partial charge in [-0.3, -0.25) is 4.79 Å². The number of nitrogens with two attached hydrogens (primary N) is 1. The van der Waals surface area contributed by atoms with Crippen molar-refractivity contribution in [1.29, 1.82) is 0 Å². The van der Waals surface area contributed by atoms with Gasteiger partial charge in [0, 0.05) is 11.7 Å². The van der Waals surface area contributed by atoms with Crippen molar-refractivity contribution in [2.75, 3.05) is 12.3 Å². The Kier molecular flexibility index (Phi) is 4.76. The number of benzene rings is 1. The number of anilines is 1. The summed E-state index contributed by atoms with van der Waals surface area (Å²) in [4.78, 5) is 12.6. The minimum absolute atomic E-state index is 0.128. The van der Waals surface area contributed by atoms with Crippen LogP contribution in [-0.2, 0) is 0 Å². The van der Waals surface area contributed by atoms with Crippen LogP contribution in [0.15, 0.2) is 18.2 Å². The van der Waals surface area contributed by atoms with Crippen LogP contribution >= 0.6 is 0 Å². The molecular weight excluding hydrogens is 264 g/mol. The van der Waals surface area contributed by atoms with E-state index in [0.717, 1.165) is 19.3 Å². The molecule has 4 heteroatoms. The van der Waals surface area contributed by atoms with E-state index in [1.54, 1.807) is 12.1 Å². The van der Waals surface area contributed by atoms with Crippen LogP contribution in [0.5, 0.6) is 5.75 Å². The molecule has 0 spiro atoms. The predicted molar refractivity (Wildman–Crippen MR) is 85.5 cm³/mol. The molecule has 1 atom stereocenters. The summed E-state index contributed by atoms with van der Waals surface area (Å²) >= 11 is 0. The Morgan fingerprint density at radius 1 is 1.43 bits per heavy atom. The molecule has 1 aromatic carbocycles. The number of carbonyl (C=O) groups is 1. The van der Waals surface area contributed by atoms with Gasteiger partial charge in [0.05, 0.1) is 6.61 Å². The summed E-state index contributed by atoms with van der Waals surface area (Å²) in [6, 6.07) is 5.53. The highest BCUT2D eigenvalue weighted by Crippen LogP contribution is 2.36. The van der Waals surface area contributed by atoms with Crippen LogP contribution in [0.2, 0.25) is 0 Å². The van der Waals surface area contributed by atoms with Gasteiger partial charge in [-0.1, -0.05) is 32.8 Å². The van der Waals surface area contributed by atoms with Crippen LogP contribution in [0.25, 0.3) is 0 Å². The predicted octanol–water partition coefficient (Wildman–Crippen LogP) is 3.37. The molecule has 0 aromatic heterocycles. The van der Waals surface area contributed by atoms with Crippen LogP contribution in [0.1, 0.15) is 56.8 Å². The lowest BCUT2D eigenvalue weighted by molar-refractivity contribution is 0.0851. The second kappa shape index (κ2) is 6.37. The maximum absolute atomic E-state index is 12.6. The summed E-state index contributed by atoms with van der Waals surface area (Å²) in [5, 5.41) is 3.17. The monoisotopic (exact) mass is 290 g/mol. The zero-order valence-corrected chi connectivity index (χ0v) is 13.2. The van der Waals surface area contributed by atoms with Gasteiger partial charge in [0.1, 0.15) is 11.3 Å². The van der Waals surface area contributed by atoms with Crippen molar-refractivity contribution >= 4 is 11.6 Å².